The van der Waals surface area contributed by atoms with Crippen LogP contribution in [0, 0.1) is 0 Å². The Morgan fingerprint density at radius 3 is 2.29 bits per heavy atom. The summed E-state index contributed by atoms with van der Waals surface area (Å²) < 4.78 is 81.1. The number of alkyl halides is 6. The maximum Gasteiger partial charge on any atom is 0.490 e. The van der Waals surface area contributed by atoms with Crippen molar-refractivity contribution in [2.45, 2.75) is 37.8 Å². The molecule has 0 saturated heterocycles. The van der Waals surface area contributed by atoms with E-state index in [1.807, 2.05) is 0 Å². The van der Waals surface area contributed by atoms with Gasteiger partial charge >= 0.3 is 24.2 Å². The van der Waals surface area contributed by atoms with Crippen LogP contribution in [-0.2, 0) is 15.7 Å². The minimum absolute atomic E-state index is 0.00824. The van der Waals surface area contributed by atoms with E-state index in [1.165, 1.54) is 6.92 Å². The number of esters is 1. The number of ether oxygens (including phenoxy) is 1. The monoisotopic (exact) mass is 321 g/mol. The van der Waals surface area contributed by atoms with Crippen molar-refractivity contribution in [3.05, 3.63) is 11.7 Å². The van der Waals surface area contributed by atoms with Gasteiger partial charge in [-0.25, -0.2) is 4.79 Å². The van der Waals surface area contributed by atoms with Gasteiger partial charge in [0.15, 0.2) is 6.10 Å². The molecule has 0 spiro atoms. The molecular formula is C9H9F6N3O3. The third kappa shape index (κ3) is 4.31. The molecule has 0 bridgehead atoms. The van der Waals surface area contributed by atoms with Crippen LogP contribution < -0.4 is 5.73 Å². The number of hydrogen-bond acceptors (Lipinski definition) is 6. The third-order valence-electron chi connectivity index (χ3n) is 2.26. The lowest BCUT2D eigenvalue weighted by Crippen LogP contribution is -2.36. The predicted octanol–water partition coefficient (Wildman–Crippen LogP) is 1.97. The van der Waals surface area contributed by atoms with Crippen LogP contribution in [0.2, 0.25) is 0 Å². The van der Waals surface area contributed by atoms with E-state index in [1.54, 1.807) is 0 Å². The van der Waals surface area contributed by atoms with E-state index < -0.39 is 42.2 Å². The summed E-state index contributed by atoms with van der Waals surface area (Å²) in [6.45, 7) is 1.42. The highest BCUT2D eigenvalue weighted by Crippen LogP contribution is 2.30. The van der Waals surface area contributed by atoms with Crippen molar-refractivity contribution in [2.75, 3.05) is 0 Å². The first-order valence-corrected chi connectivity index (χ1v) is 5.41. The van der Waals surface area contributed by atoms with Gasteiger partial charge in [-0.15, -0.1) is 0 Å². The van der Waals surface area contributed by atoms with Crippen molar-refractivity contribution in [3.63, 3.8) is 0 Å². The van der Waals surface area contributed by atoms with Crippen LogP contribution in [0.25, 0.3) is 0 Å². The van der Waals surface area contributed by atoms with Crippen LogP contribution in [0.15, 0.2) is 4.52 Å². The second-order valence-corrected chi connectivity index (χ2v) is 3.85. The zero-order chi connectivity index (χ0) is 16.4. The fourth-order valence-corrected chi connectivity index (χ4v) is 1.19. The largest absolute Gasteiger partial charge is 0.490 e. The lowest BCUT2D eigenvalue weighted by molar-refractivity contribution is -0.206. The van der Waals surface area contributed by atoms with E-state index in [0.717, 1.165) is 0 Å². The average Bonchev–Trinajstić information content (AvgIpc) is 2.82. The topological polar surface area (TPSA) is 91.2 Å². The van der Waals surface area contributed by atoms with Crippen molar-refractivity contribution in [3.8, 4) is 0 Å². The Bertz CT molecular complexity index is 498. The first-order chi connectivity index (χ1) is 9.46. The van der Waals surface area contributed by atoms with Crippen LogP contribution in [-0.4, -0.2) is 28.3 Å². The molecule has 21 heavy (non-hydrogen) atoms. The van der Waals surface area contributed by atoms with E-state index in [2.05, 4.69) is 19.4 Å². The lowest BCUT2D eigenvalue weighted by Gasteiger charge is -2.20. The van der Waals surface area contributed by atoms with E-state index in [9.17, 15) is 31.1 Å². The number of halogens is 6. The number of carbonyl (C=O) groups is 1. The number of nitrogens with zero attached hydrogens (tertiary/aromatic N) is 2. The van der Waals surface area contributed by atoms with Crippen LogP contribution in [0.4, 0.5) is 26.3 Å². The van der Waals surface area contributed by atoms with Crippen molar-refractivity contribution in [1.82, 2.24) is 10.1 Å². The van der Waals surface area contributed by atoms with Gasteiger partial charge < -0.3 is 15.0 Å². The molecule has 2 unspecified atom stereocenters. The Morgan fingerprint density at radius 1 is 1.33 bits per heavy atom. The SMILES string of the molecule is CCC(N)C(OC(=O)C(F)(F)F)c1noc(C(F)(F)F)n1. The quantitative estimate of drug-likeness (QED) is 0.673. The summed E-state index contributed by atoms with van der Waals surface area (Å²) >= 11 is 0. The Morgan fingerprint density at radius 2 is 1.90 bits per heavy atom. The molecule has 0 aliphatic carbocycles. The molecule has 0 aliphatic rings. The molecule has 0 saturated carbocycles. The van der Waals surface area contributed by atoms with Crippen LogP contribution in [0.5, 0.6) is 0 Å². The van der Waals surface area contributed by atoms with E-state index in [-0.39, 0.29) is 6.42 Å². The predicted molar refractivity (Wildman–Crippen MR) is 52.5 cm³/mol. The number of nitrogens with two attached hydrogens (primary N) is 1. The van der Waals surface area contributed by atoms with Gasteiger partial charge in [0.25, 0.3) is 0 Å². The standard InChI is InChI=1S/C9H9F6N3O3/c1-2-3(16)4(20-7(19)9(13,14)15)5-17-6(21-18-5)8(10,11)12/h3-4H,2,16H2,1H3. The van der Waals surface area contributed by atoms with Crippen LogP contribution in [0.1, 0.15) is 31.2 Å². The molecule has 1 aromatic rings. The number of carbonyl (C=O) groups excluding carboxylic acids is 1. The van der Waals surface area contributed by atoms with Crippen LogP contribution in [0.3, 0.4) is 0 Å². The van der Waals surface area contributed by atoms with Gasteiger partial charge in [0, 0.05) is 6.04 Å². The zero-order valence-electron chi connectivity index (χ0n) is 10.3. The van der Waals surface area contributed by atoms with E-state index >= 15 is 0 Å². The molecule has 2 atom stereocenters. The Hall–Kier alpha value is -1.85. The van der Waals surface area contributed by atoms with Gasteiger partial charge in [0.1, 0.15) is 0 Å². The summed E-state index contributed by atoms with van der Waals surface area (Å²) in [5, 5.41) is 2.86. The maximum atomic E-state index is 12.3. The molecule has 0 fully saturated rings. The molecule has 0 aliphatic heterocycles. The maximum absolute atomic E-state index is 12.3. The molecular weight excluding hydrogens is 312 g/mol. The second kappa shape index (κ2) is 5.87. The molecule has 6 nitrogen and oxygen atoms in total. The first kappa shape index (κ1) is 17.2. The fourth-order valence-electron chi connectivity index (χ4n) is 1.19. The molecule has 0 amide bonds. The van der Waals surface area contributed by atoms with Crippen LogP contribution >= 0.6 is 0 Å². The highest BCUT2D eigenvalue weighted by atomic mass is 19.4. The highest BCUT2D eigenvalue weighted by molar-refractivity contribution is 5.75. The minimum Gasteiger partial charge on any atom is -0.446 e. The van der Waals surface area contributed by atoms with E-state index in [0.29, 0.717) is 0 Å². The van der Waals surface area contributed by atoms with Crippen molar-refractivity contribution >= 4 is 5.97 Å². The minimum atomic E-state index is -5.33. The fraction of sp³-hybridized carbons (Fsp3) is 0.667. The van der Waals surface area contributed by atoms with Gasteiger partial charge in [0.05, 0.1) is 0 Å². The third-order valence-corrected chi connectivity index (χ3v) is 2.26. The number of rotatable bonds is 4. The lowest BCUT2D eigenvalue weighted by atomic mass is 10.1. The molecule has 120 valence electrons. The first-order valence-electron chi connectivity index (χ1n) is 5.41. The van der Waals surface area contributed by atoms with Crippen molar-refractivity contribution in [2.24, 2.45) is 5.73 Å². The molecule has 0 radical (unpaired) electrons. The molecule has 1 heterocycles. The van der Waals surface area contributed by atoms with Gasteiger partial charge in [-0.3, -0.25) is 0 Å². The number of hydrogen-bond donors (Lipinski definition) is 1. The van der Waals surface area contributed by atoms with Gasteiger partial charge in [-0.05, 0) is 6.42 Å². The summed E-state index contributed by atoms with van der Waals surface area (Å²) in [5.74, 6) is -5.29. The van der Waals surface area contributed by atoms with Gasteiger partial charge in [0.2, 0.25) is 5.82 Å². The summed E-state index contributed by atoms with van der Waals surface area (Å²) in [7, 11) is 0. The molecule has 1 rings (SSSR count). The summed E-state index contributed by atoms with van der Waals surface area (Å²) in [6, 6.07) is -1.24. The Balaban J connectivity index is 3.04. The van der Waals surface area contributed by atoms with Gasteiger partial charge in [-0.1, -0.05) is 12.1 Å². The number of aromatic nitrogens is 2. The zero-order valence-corrected chi connectivity index (χ0v) is 10.3. The molecule has 12 heteroatoms. The summed E-state index contributed by atoms with van der Waals surface area (Å²) in [5.41, 5.74) is 5.41. The van der Waals surface area contributed by atoms with Gasteiger partial charge in [-0.2, -0.15) is 31.3 Å². The smallest absolute Gasteiger partial charge is 0.446 e. The molecule has 1 aromatic heterocycles. The van der Waals surface area contributed by atoms with Crippen molar-refractivity contribution in [1.29, 1.82) is 0 Å². The summed E-state index contributed by atoms with van der Waals surface area (Å²) in [4.78, 5) is 13.6. The second-order valence-electron chi connectivity index (χ2n) is 3.85. The highest BCUT2D eigenvalue weighted by Gasteiger charge is 2.45. The van der Waals surface area contributed by atoms with Crippen molar-refractivity contribution < 1.29 is 40.4 Å². The summed E-state index contributed by atoms with van der Waals surface area (Å²) in [6.07, 6.45) is -12.2. The normalized spacial score (nSPS) is 15.6. The van der Waals surface area contributed by atoms with E-state index in [4.69, 9.17) is 5.73 Å². The molecule has 0 aromatic carbocycles. The Kier molecular flexibility index (Phi) is 4.81. The average molecular weight is 321 g/mol. The molecule has 2 N–H and O–H groups in total. The Labute approximate surface area is 113 Å².